The van der Waals surface area contributed by atoms with Gasteiger partial charge in [-0.25, -0.2) is 13.6 Å². The van der Waals surface area contributed by atoms with Crippen LogP contribution in [0, 0.1) is 0 Å². The Kier molecular flexibility index (Phi) is 3.30. The van der Waals surface area contributed by atoms with Crippen molar-refractivity contribution in [3.8, 4) is 0 Å². The summed E-state index contributed by atoms with van der Waals surface area (Å²) in [5.74, 6) is -2.57. The van der Waals surface area contributed by atoms with Gasteiger partial charge in [0.05, 0.1) is 0 Å². The highest BCUT2D eigenvalue weighted by Gasteiger charge is 2.36. The molecule has 2 amide bonds. The molecule has 0 atom stereocenters. The van der Waals surface area contributed by atoms with Crippen LogP contribution in [-0.2, 0) is 0 Å². The molecule has 5 heteroatoms. The number of alkyl halides is 2. The molecule has 2 fully saturated rings. The standard InChI is InChI=1S/C11H18F2N2O/c12-11(13)4-8-15(9-5-11)10(16)14-6-2-1-3-7-14/h1-9H2. The lowest BCUT2D eigenvalue weighted by Crippen LogP contribution is -2.50. The van der Waals surface area contributed by atoms with E-state index in [2.05, 4.69) is 0 Å². The van der Waals surface area contributed by atoms with E-state index in [1.54, 1.807) is 9.80 Å². The predicted molar refractivity (Wildman–Crippen MR) is 56.6 cm³/mol. The third-order valence-corrected chi connectivity index (χ3v) is 3.39. The molecule has 16 heavy (non-hydrogen) atoms. The average Bonchev–Trinajstić information content (AvgIpc) is 2.29. The summed E-state index contributed by atoms with van der Waals surface area (Å²) < 4.78 is 25.9. The zero-order chi connectivity index (χ0) is 11.6. The minimum Gasteiger partial charge on any atom is -0.325 e. The summed E-state index contributed by atoms with van der Waals surface area (Å²) in [7, 11) is 0. The van der Waals surface area contributed by atoms with Crippen molar-refractivity contribution in [2.45, 2.75) is 38.0 Å². The van der Waals surface area contributed by atoms with Gasteiger partial charge in [0.25, 0.3) is 5.92 Å². The Morgan fingerprint density at radius 3 is 1.94 bits per heavy atom. The van der Waals surface area contributed by atoms with Crippen LogP contribution in [0.1, 0.15) is 32.1 Å². The molecule has 2 rings (SSSR count). The lowest BCUT2D eigenvalue weighted by atomic mass is 10.1. The molecule has 0 aromatic carbocycles. The summed E-state index contributed by atoms with van der Waals surface area (Å²) >= 11 is 0. The number of hydrogen-bond donors (Lipinski definition) is 0. The van der Waals surface area contributed by atoms with E-state index in [1.807, 2.05) is 0 Å². The largest absolute Gasteiger partial charge is 0.325 e. The van der Waals surface area contributed by atoms with Crippen molar-refractivity contribution in [3.63, 3.8) is 0 Å². The van der Waals surface area contributed by atoms with Crippen LogP contribution in [0.15, 0.2) is 0 Å². The van der Waals surface area contributed by atoms with Gasteiger partial charge in [0.1, 0.15) is 0 Å². The first kappa shape index (κ1) is 11.6. The van der Waals surface area contributed by atoms with Crippen LogP contribution in [0.25, 0.3) is 0 Å². The van der Waals surface area contributed by atoms with Crippen LogP contribution >= 0.6 is 0 Å². The molecule has 2 heterocycles. The highest BCUT2D eigenvalue weighted by atomic mass is 19.3. The van der Waals surface area contributed by atoms with Crippen LogP contribution in [0.4, 0.5) is 13.6 Å². The van der Waals surface area contributed by atoms with Gasteiger partial charge in [0.2, 0.25) is 0 Å². The van der Waals surface area contributed by atoms with Gasteiger partial charge in [-0.1, -0.05) is 0 Å². The molecular weight excluding hydrogens is 214 g/mol. The Bertz CT molecular complexity index is 255. The number of piperidine rings is 2. The SMILES string of the molecule is O=C(N1CCCCC1)N1CCC(F)(F)CC1. The van der Waals surface area contributed by atoms with E-state index in [0.29, 0.717) is 0 Å². The average molecular weight is 232 g/mol. The zero-order valence-electron chi connectivity index (χ0n) is 9.42. The van der Waals surface area contributed by atoms with E-state index >= 15 is 0 Å². The molecule has 0 aromatic heterocycles. The fourth-order valence-corrected chi connectivity index (χ4v) is 2.31. The van der Waals surface area contributed by atoms with Crippen molar-refractivity contribution in [3.05, 3.63) is 0 Å². The minimum absolute atomic E-state index is 0.0461. The van der Waals surface area contributed by atoms with Crippen molar-refractivity contribution in [2.75, 3.05) is 26.2 Å². The van der Waals surface area contributed by atoms with Gasteiger partial charge in [-0.05, 0) is 19.3 Å². The summed E-state index contributed by atoms with van der Waals surface area (Å²) in [6, 6.07) is -0.0461. The highest BCUT2D eigenvalue weighted by Crippen LogP contribution is 2.28. The fourth-order valence-electron chi connectivity index (χ4n) is 2.31. The van der Waals surface area contributed by atoms with Gasteiger partial charge in [0.15, 0.2) is 0 Å². The number of amides is 2. The normalized spacial score (nSPS) is 25.6. The topological polar surface area (TPSA) is 23.6 Å². The van der Waals surface area contributed by atoms with E-state index in [0.717, 1.165) is 25.9 Å². The van der Waals surface area contributed by atoms with Crippen molar-refractivity contribution in [1.82, 2.24) is 9.80 Å². The Morgan fingerprint density at radius 2 is 1.38 bits per heavy atom. The zero-order valence-corrected chi connectivity index (χ0v) is 9.42. The summed E-state index contributed by atoms with van der Waals surface area (Å²) in [4.78, 5) is 15.3. The highest BCUT2D eigenvalue weighted by molar-refractivity contribution is 5.74. The van der Waals surface area contributed by atoms with E-state index in [1.165, 1.54) is 6.42 Å². The maximum atomic E-state index is 12.9. The molecule has 0 N–H and O–H groups in total. The van der Waals surface area contributed by atoms with E-state index in [-0.39, 0.29) is 32.0 Å². The van der Waals surface area contributed by atoms with Crippen LogP contribution in [0.5, 0.6) is 0 Å². The molecule has 0 radical (unpaired) electrons. The summed E-state index contributed by atoms with van der Waals surface area (Å²) in [6.45, 7) is 1.96. The maximum Gasteiger partial charge on any atom is 0.320 e. The summed E-state index contributed by atoms with van der Waals surface area (Å²) in [5.41, 5.74) is 0. The number of nitrogens with zero attached hydrogens (tertiary/aromatic N) is 2. The number of halogens is 2. The molecule has 0 aliphatic carbocycles. The molecule has 0 aromatic rings. The molecule has 3 nitrogen and oxygen atoms in total. The number of hydrogen-bond acceptors (Lipinski definition) is 1. The molecule has 2 aliphatic heterocycles. The summed E-state index contributed by atoms with van der Waals surface area (Å²) in [5, 5.41) is 0. The Balaban J connectivity index is 1.86. The number of carbonyl (C=O) groups is 1. The first-order valence-corrected chi connectivity index (χ1v) is 6.00. The van der Waals surface area contributed by atoms with E-state index in [4.69, 9.17) is 0 Å². The molecular formula is C11H18F2N2O. The van der Waals surface area contributed by atoms with Gasteiger partial charge in [-0.3, -0.25) is 0 Å². The second-order valence-corrected chi connectivity index (χ2v) is 4.67. The van der Waals surface area contributed by atoms with Gasteiger partial charge in [-0.15, -0.1) is 0 Å². The fraction of sp³-hybridized carbons (Fsp3) is 0.909. The first-order chi connectivity index (χ1) is 7.58. The molecule has 0 saturated carbocycles. The van der Waals surface area contributed by atoms with Crippen molar-refractivity contribution >= 4 is 6.03 Å². The van der Waals surface area contributed by atoms with Gasteiger partial charge in [-0.2, -0.15) is 0 Å². The molecule has 0 spiro atoms. The second kappa shape index (κ2) is 4.55. The monoisotopic (exact) mass is 232 g/mol. The number of rotatable bonds is 0. The van der Waals surface area contributed by atoms with Gasteiger partial charge in [0, 0.05) is 39.0 Å². The van der Waals surface area contributed by atoms with Crippen LogP contribution in [0.3, 0.4) is 0 Å². The molecule has 2 saturated heterocycles. The first-order valence-electron chi connectivity index (χ1n) is 6.00. The van der Waals surface area contributed by atoms with E-state index in [9.17, 15) is 13.6 Å². The van der Waals surface area contributed by atoms with Crippen molar-refractivity contribution in [1.29, 1.82) is 0 Å². The number of urea groups is 1. The quantitative estimate of drug-likeness (QED) is 0.628. The van der Waals surface area contributed by atoms with Crippen molar-refractivity contribution < 1.29 is 13.6 Å². The lowest BCUT2D eigenvalue weighted by molar-refractivity contribution is -0.0493. The smallest absolute Gasteiger partial charge is 0.320 e. The van der Waals surface area contributed by atoms with Crippen molar-refractivity contribution in [2.24, 2.45) is 0 Å². The van der Waals surface area contributed by atoms with Gasteiger partial charge < -0.3 is 9.80 Å². The molecule has 0 bridgehead atoms. The number of likely N-dealkylation sites (tertiary alicyclic amines) is 2. The second-order valence-electron chi connectivity index (χ2n) is 4.67. The van der Waals surface area contributed by atoms with Crippen LogP contribution in [-0.4, -0.2) is 47.9 Å². The Hall–Kier alpha value is -0.870. The molecule has 2 aliphatic rings. The molecule has 0 unspecified atom stereocenters. The summed E-state index contributed by atoms with van der Waals surface area (Å²) in [6.07, 6.45) is 2.87. The predicted octanol–water partition coefficient (Wildman–Crippen LogP) is 2.32. The minimum atomic E-state index is -2.57. The lowest BCUT2D eigenvalue weighted by Gasteiger charge is -2.37. The van der Waals surface area contributed by atoms with E-state index < -0.39 is 5.92 Å². The third-order valence-electron chi connectivity index (χ3n) is 3.39. The number of carbonyl (C=O) groups excluding carboxylic acids is 1. The maximum absolute atomic E-state index is 12.9. The Morgan fingerprint density at radius 1 is 0.875 bits per heavy atom. The third kappa shape index (κ3) is 2.62. The molecule has 92 valence electrons. The van der Waals surface area contributed by atoms with Crippen LogP contribution in [0.2, 0.25) is 0 Å². The Labute approximate surface area is 94.4 Å². The van der Waals surface area contributed by atoms with Gasteiger partial charge >= 0.3 is 6.03 Å². The van der Waals surface area contributed by atoms with Crippen LogP contribution < -0.4 is 0 Å².